The SMILES string of the molecule is CN(C(=O)CN1CCCCC1=O)C1CC2CCC(C1)N2. The van der Waals surface area contributed by atoms with Gasteiger partial charge in [0.1, 0.15) is 0 Å². The van der Waals surface area contributed by atoms with Crippen molar-refractivity contribution in [2.45, 2.75) is 63.1 Å². The molecule has 112 valence electrons. The van der Waals surface area contributed by atoms with E-state index in [2.05, 4.69) is 5.32 Å². The molecule has 2 atom stereocenters. The monoisotopic (exact) mass is 279 g/mol. The zero-order valence-electron chi connectivity index (χ0n) is 12.3. The number of carbonyl (C=O) groups excluding carboxylic acids is 2. The van der Waals surface area contributed by atoms with Crippen molar-refractivity contribution in [3.05, 3.63) is 0 Å². The number of nitrogens with one attached hydrogen (secondary N) is 1. The van der Waals surface area contributed by atoms with Crippen LogP contribution in [0.5, 0.6) is 0 Å². The summed E-state index contributed by atoms with van der Waals surface area (Å²) in [6.07, 6.45) is 7.22. The number of piperidine rings is 2. The Morgan fingerprint density at radius 3 is 2.65 bits per heavy atom. The third kappa shape index (κ3) is 2.82. The maximum absolute atomic E-state index is 12.4. The number of rotatable bonds is 3. The van der Waals surface area contributed by atoms with Crippen LogP contribution in [-0.2, 0) is 9.59 Å². The van der Waals surface area contributed by atoms with Gasteiger partial charge in [-0.1, -0.05) is 0 Å². The highest BCUT2D eigenvalue weighted by Crippen LogP contribution is 2.29. The van der Waals surface area contributed by atoms with Crippen LogP contribution in [0.25, 0.3) is 0 Å². The van der Waals surface area contributed by atoms with E-state index >= 15 is 0 Å². The van der Waals surface area contributed by atoms with Crippen molar-refractivity contribution in [2.75, 3.05) is 20.1 Å². The fraction of sp³-hybridized carbons (Fsp3) is 0.867. The lowest BCUT2D eigenvalue weighted by Crippen LogP contribution is -2.51. The summed E-state index contributed by atoms with van der Waals surface area (Å²) in [5.74, 6) is 0.245. The normalized spacial score (nSPS) is 33.4. The van der Waals surface area contributed by atoms with Crippen molar-refractivity contribution >= 4 is 11.8 Å². The molecule has 1 N–H and O–H groups in total. The van der Waals surface area contributed by atoms with Crippen LogP contribution in [0, 0.1) is 0 Å². The number of hydrogen-bond donors (Lipinski definition) is 1. The Morgan fingerprint density at radius 2 is 2.00 bits per heavy atom. The largest absolute Gasteiger partial charge is 0.341 e. The zero-order chi connectivity index (χ0) is 14.1. The molecule has 0 aliphatic carbocycles. The third-order valence-corrected chi connectivity index (χ3v) is 5.14. The average molecular weight is 279 g/mol. The first-order valence-corrected chi connectivity index (χ1v) is 7.93. The Kier molecular flexibility index (Phi) is 3.96. The lowest BCUT2D eigenvalue weighted by molar-refractivity contribution is -0.142. The first-order valence-electron chi connectivity index (χ1n) is 7.93. The summed E-state index contributed by atoms with van der Waals surface area (Å²) in [4.78, 5) is 27.8. The quantitative estimate of drug-likeness (QED) is 0.829. The molecule has 3 saturated heterocycles. The van der Waals surface area contributed by atoms with Crippen LogP contribution < -0.4 is 5.32 Å². The van der Waals surface area contributed by atoms with Crippen molar-refractivity contribution in [3.63, 3.8) is 0 Å². The molecule has 5 nitrogen and oxygen atoms in total. The van der Waals surface area contributed by atoms with E-state index in [-0.39, 0.29) is 18.4 Å². The molecule has 3 rings (SSSR count). The highest BCUT2D eigenvalue weighted by molar-refractivity contribution is 5.85. The molecule has 2 amide bonds. The number of likely N-dealkylation sites (N-methyl/N-ethyl adjacent to an activating group) is 1. The second-order valence-corrected chi connectivity index (χ2v) is 6.54. The topological polar surface area (TPSA) is 52.7 Å². The van der Waals surface area contributed by atoms with Gasteiger partial charge in [0, 0.05) is 38.1 Å². The van der Waals surface area contributed by atoms with E-state index in [9.17, 15) is 9.59 Å². The first-order chi connectivity index (χ1) is 9.63. The zero-order valence-corrected chi connectivity index (χ0v) is 12.3. The summed E-state index contributed by atoms with van der Waals surface area (Å²) in [6.45, 7) is 1.02. The van der Waals surface area contributed by atoms with Crippen LogP contribution >= 0.6 is 0 Å². The smallest absolute Gasteiger partial charge is 0.242 e. The number of fused-ring (bicyclic) bond motifs is 2. The Hall–Kier alpha value is -1.10. The number of nitrogens with zero attached hydrogens (tertiary/aromatic N) is 2. The molecule has 0 aromatic heterocycles. The minimum Gasteiger partial charge on any atom is -0.341 e. The Bertz CT molecular complexity index is 387. The third-order valence-electron chi connectivity index (χ3n) is 5.14. The molecule has 3 aliphatic rings. The van der Waals surface area contributed by atoms with E-state index in [4.69, 9.17) is 0 Å². The summed E-state index contributed by atoms with van der Waals surface area (Å²) in [7, 11) is 1.91. The molecule has 0 spiro atoms. The fourth-order valence-corrected chi connectivity index (χ4v) is 3.85. The van der Waals surface area contributed by atoms with E-state index in [1.807, 2.05) is 11.9 Å². The van der Waals surface area contributed by atoms with Gasteiger partial charge in [-0.05, 0) is 38.5 Å². The van der Waals surface area contributed by atoms with Gasteiger partial charge < -0.3 is 15.1 Å². The summed E-state index contributed by atoms with van der Waals surface area (Å²) >= 11 is 0. The second kappa shape index (κ2) is 5.72. The van der Waals surface area contributed by atoms with Crippen LogP contribution in [0.15, 0.2) is 0 Å². The summed E-state index contributed by atoms with van der Waals surface area (Å²) in [5.41, 5.74) is 0. The highest BCUT2D eigenvalue weighted by Gasteiger charge is 2.36. The van der Waals surface area contributed by atoms with Gasteiger partial charge in [0.25, 0.3) is 0 Å². The molecule has 2 unspecified atom stereocenters. The summed E-state index contributed by atoms with van der Waals surface area (Å²) in [5, 5.41) is 3.60. The van der Waals surface area contributed by atoms with Crippen molar-refractivity contribution in [1.29, 1.82) is 0 Å². The van der Waals surface area contributed by atoms with Gasteiger partial charge >= 0.3 is 0 Å². The molecule has 0 aromatic rings. The molecular formula is C15H25N3O2. The summed E-state index contributed by atoms with van der Waals surface area (Å²) < 4.78 is 0. The predicted molar refractivity (Wildman–Crippen MR) is 76.2 cm³/mol. The lowest BCUT2D eigenvalue weighted by atomic mass is 9.98. The minimum absolute atomic E-state index is 0.103. The molecular weight excluding hydrogens is 254 g/mol. The number of hydrogen-bond acceptors (Lipinski definition) is 3. The van der Waals surface area contributed by atoms with Crippen molar-refractivity contribution in [3.8, 4) is 0 Å². The van der Waals surface area contributed by atoms with E-state index < -0.39 is 0 Å². The van der Waals surface area contributed by atoms with E-state index in [0.29, 0.717) is 24.5 Å². The van der Waals surface area contributed by atoms with Gasteiger partial charge in [0.2, 0.25) is 11.8 Å². The van der Waals surface area contributed by atoms with Gasteiger partial charge in [-0.15, -0.1) is 0 Å². The molecule has 3 fully saturated rings. The highest BCUT2D eigenvalue weighted by atomic mass is 16.2. The molecule has 20 heavy (non-hydrogen) atoms. The molecule has 0 aromatic carbocycles. The first kappa shape index (κ1) is 13.9. The van der Waals surface area contributed by atoms with Gasteiger partial charge in [-0.2, -0.15) is 0 Å². The van der Waals surface area contributed by atoms with Crippen LogP contribution in [0.3, 0.4) is 0 Å². The Labute approximate surface area is 120 Å². The Balaban J connectivity index is 1.55. The number of amides is 2. The maximum atomic E-state index is 12.4. The van der Waals surface area contributed by atoms with E-state index in [1.165, 1.54) is 12.8 Å². The molecule has 3 heterocycles. The van der Waals surface area contributed by atoms with Crippen LogP contribution in [0.2, 0.25) is 0 Å². The van der Waals surface area contributed by atoms with Crippen molar-refractivity contribution < 1.29 is 9.59 Å². The van der Waals surface area contributed by atoms with Gasteiger partial charge in [-0.3, -0.25) is 9.59 Å². The molecule has 2 bridgehead atoms. The molecule has 5 heteroatoms. The van der Waals surface area contributed by atoms with Crippen LogP contribution in [0.1, 0.15) is 44.9 Å². The number of carbonyl (C=O) groups is 2. The Morgan fingerprint density at radius 1 is 1.30 bits per heavy atom. The minimum atomic E-state index is 0.103. The van der Waals surface area contributed by atoms with Gasteiger partial charge in [-0.25, -0.2) is 0 Å². The summed E-state index contributed by atoms with van der Waals surface area (Å²) in [6, 6.07) is 1.53. The predicted octanol–water partition coefficient (Wildman–Crippen LogP) is 0.740. The fourth-order valence-electron chi connectivity index (χ4n) is 3.85. The second-order valence-electron chi connectivity index (χ2n) is 6.54. The van der Waals surface area contributed by atoms with Crippen LogP contribution in [0.4, 0.5) is 0 Å². The molecule has 0 radical (unpaired) electrons. The number of likely N-dealkylation sites (tertiary alicyclic amines) is 1. The lowest BCUT2D eigenvalue weighted by Gasteiger charge is -2.37. The molecule has 0 saturated carbocycles. The standard InChI is InChI=1S/C15H25N3O2/c1-17(13-8-11-5-6-12(9-13)16-11)15(20)10-18-7-3-2-4-14(18)19/h11-13,16H,2-10H2,1H3. The van der Waals surface area contributed by atoms with Crippen molar-refractivity contribution in [1.82, 2.24) is 15.1 Å². The van der Waals surface area contributed by atoms with E-state index in [0.717, 1.165) is 32.2 Å². The van der Waals surface area contributed by atoms with Crippen LogP contribution in [-0.4, -0.2) is 59.9 Å². The van der Waals surface area contributed by atoms with Crippen molar-refractivity contribution in [2.24, 2.45) is 0 Å². The van der Waals surface area contributed by atoms with Gasteiger partial charge in [0.15, 0.2) is 0 Å². The van der Waals surface area contributed by atoms with Gasteiger partial charge in [0.05, 0.1) is 6.54 Å². The average Bonchev–Trinajstić information content (AvgIpc) is 2.79. The maximum Gasteiger partial charge on any atom is 0.242 e. The van der Waals surface area contributed by atoms with E-state index in [1.54, 1.807) is 4.90 Å². The molecule has 3 aliphatic heterocycles.